The predicted molar refractivity (Wildman–Crippen MR) is 63.8 cm³/mol. The first-order valence-electron chi connectivity index (χ1n) is 4.65. The number of carbonyl (C=O) groups excluding carboxylic acids is 1. The third kappa shape index (κ3) is 2.63. The molecule has 0 radical (unpaired) electrons. The molecule has 2 N–H and O–H groups in total. The van der Waals surface area contributed by atoms with Gasteiger partial charge in [-0.1, -0.05) is 0 Å². The maximum atomic E-state index is 12.9. The maximum Gasteiger partial charge on any atom is 0.342 e. The summed E-state index contributed by atoms with van der Waals surface area (Å²) in [6.45, 7) is -0.850. The van der Waals surface area contributed by atoms with Gasteiger partial charge in [-0.25, -0.2) is 0 Å². The summed E-state index contributed by atoms with van der Waals surface area (Å²) in [6.07, 6.45) is 1.16. The molecule has 2 rings (SSSR count). The summed E-state index contributed by atoms with van der Waals surface area (Å²) in [5.74, 6) is -0.824. The van der Waals surface area contributed by atoms with E-state index in [1.165, 1.54) is 12.1 Å². The molecule has 1 aliphatic rings. The fourth-order valence-corrected chi connectivity index (χ4v) is 2.95. The van der Waals surface area contributed by atoms with E-state index in [2.05, 4.69) is 9.12 Å². The van der Waals surface area contributed by atoms with Gasteiger partial charge in [0.2, 0.25) is 5.78 Å². The van der Waals surface area contributed by atoms with Crippen LogP contribution in [0.5, 0.6) is 0 Å². The number of carbonyl (C=O) groups is 1. The van der Waals surface area contributed by atoms with Crippen LogP contribution in [-0.4, -0.2) is 31.6 Å². The highest BCUT2D eigenvalue weighted by molar-refractivity contribution is 7.88. The molecule has 2 heterocycles. The van der Waals surface area contributed by atoms with Crippen LogP contribution in [0.3, 0.4) is 0 Å². The minimum atomic E-state index is -4.05. The molecule has 0 unspecified atom stereocenters. The summed E-state index contributed by atoms with van der Waals surface area (Å²) in [7, 11) is -4.05. The van der Waals surface area contributed by atoms with Crippen molar-refractivity contribution < 1.29 is 22.7 Å². The van der Waals surface area contributed by atoms with E-state index in [1.54, 1.807) is 0 Å². The van der Waals surface area contributed by atoms with Gasteiger partial charge in [0.15, 0.2) is 5.13 Å². The molecule has 0 atom stereocenters. The van der Waals surface area contributed by atoms with E-state index < -0.39 is 27.7 Å². The van der Waals surface area contributed by atoms with Crippen molar-refractivity contribution in [3.63, 3.8) is 0 Å². The Bertz CT molecular complexity index is 660. The number of aliphatic hydroxyl groups excluding tert-OH is 1. The molecule has 0 fully saturated rings. The van der Waals surface area contributed by atoms with E-state index in [0.717, 1.165) is 17.4 Å². The molecule has 0 amide bonds. The third-order valence-corrected chi connectivity index (χ3v) is 3.83. The number of halogens is 1. The maximum absolute atomic E-state index is 12.9. The lowest BCUT2D eigenvalue weighted by Crippen LogP contribution is -2.29. The van der Waals surface area contributed by atoms with Crippen molar-refractivity contribution in [1.82, 2.24) is 4.72 Å². The number of nitrogens with zero attached hydrogens (tertiary/aromatic N) is 1. The Morgan fingerprint density at radius 2 is 2.22 bits per heavy atom. The highest BCUT2D eigenvalue weighted by Gasteiger charge is 2.23. The number of aliphatic hydroxyl groups is 1. The van der Waals surface area contributed by atoms with Gasteiger partial charge in [-0.3, -0.25) is 9.52 Å². The molecule has 6 nitrogen and oxygen atoms in total. The third-order valence-electron chi connectivity index (χ3n) is 2.01. The van der Waals surface area contributed by atoms with Crippen molar-refractivity contribution in [3.05, 3.63) is 28.2 Å². The Kier molecular flexibility index (Phi) is 3.28. The zero-order valence-corrected chi connectivity index (χ0v) is 10.4. The van der Waals surface area contributed by atoms with Crippen molar-refractivity contribution in [2.45, 2.75) is 0 Å². The Labute approximate surface area is 106 Å². The molecule has 0 saturated carbocycles. The van der Waals surface area contributed by atoms with Crippen molar-refractivity contribution >= 4 is 38.7 Å². The summed E-state index contributed by atoms with van der Waals surface area (Å²) < 4.78 is 40.9. The van der Waals surface area contributed by atoms with Crippen LogP contribution < -0.4 is 4.72 Å². The second-order valence-corrected chi connectivity index (χ2v) is 5.67. The number of Topliss-reactive ketones (excluding diaryl/α,β-unsaturated/α-hetero) is 1. The zero-order chi connectivity index (χ0) is 13.3. The van der Waals surface area contributed by atoms with Crippen LogP contribution in [0.15, 0.2) is 22.6 Å². The normalized spacial score (nSPS) is 17.7. The molecule has 0 bridgehead atoms. The minimum absolute atomic E-state index is 0.0516. The Balaban J connectivity index is 2.47. The largest absolute Gasteiger partial charge is 0.388 e. The molecule has 9 heteroatoms. The molecular weight excluding hydrogens is 283 g/mol. The highest BCUT2D eigenvalue weighted by Crippen LogP contribution is 2.24. The van der Waals surface area contributed by atoms with Crippen molar-refractivity contribution in [2.75, 3.05) is 6.61 Å². The van der Waals surface area contributed by atoms with Gasteiger partial charge in [-0.15, -0.1) is 15.7 Å². The predicted octanol–water partition coefficient (Wildman–Crippen LogP) is 0.0785. The fraction of sp³-hybridized carbons (Fsp3) is 0.111. The molecule has 1 aromatic rings. The molecule has 0 aliphatic carbocycles. The summed E-state index contributed by atoms with van der Waals surface area (Å²) in [5.41, 5.74) is -0.337. The Hall–Kier alpha value is -1.58. The van der Waals surface area contributed by atoms with Crippen LogP contribution in [0.25, 0.3) is 5.70 Å². The number of thiophene rings is 1. The summed E-state index contributed by atoms with van der Waals surface area (Å²) >= 11 is 0.726. The van der Waals surface area contributed by atoms with Crippen LogP contribution in [0.2, 0.25) is 0 Å². The van der Waals surface area contributed by atoms with E-state index in [9.17, 15) is 17.6 Å². The van der Waals surface area contributed by atoms with E-state index in [-0.39, 0.29) is 11.4 Å². The first-order chi connectivity index (χ1) is 8.41. The average molecular weight is 290 g/mol. The number of allylic oxidation sites excluding steroid dienone is 1. The van der Waals surface area contributed by atoms with Gasteiger partial charge in [-0.05, 0) is 18.2 Å². The number of hydrogen-bond acceptors (Lipinski definition) is 5. The van der Waals surface area contributed by atoms with E-state index in [4.69, 9.17) is 5.11 Å². The molecular formula is C9H7FN2O4S2. The Morgan fingerprint density at radius 1 is 1.50 bits per heavy atom. The molecule has 1 aliphatic heterocycles. The number of nitrogens with one attached hydrogen (secondary N) is 1. The summed E-state index contributed by atoms with van der Waals surface area (Å²) in [5, 5.41) is 8.20. The van der Waals surface area contributed by atoms with Crippen molar-refractivity contribution in [2.24, 2.45) is 4.40 Å². The first-order valence-corrected chi connectivity index (χ1v) is 6.91. The van der Waals surface area contributed by atoms with Crippen LogP contribution in [-0.2, 0) is 15.0 Å². The minimum Gasteiger partial charge on any atom is -0.388 e. The molecule has 0 spiro atoms. The van der Waals surface area contributed by atoms with Crippen LogP contribution in [0.4, 0.5) is 4.39 Å². The van der Waals surface area contributed by atoms with Crippen molar-refractivity contribution in [1.29, 1.82) is 0 Å². The lowest BCUT2D eigenvalue weighted by molar-refractivity contribution is -0.115. The quantitative estimate of drug-likeness (QED) is 0.824. The monoisotopic (exact) mass is 290 g/mol. The second kappa shape index (κ2) is 4.59. The van der Waals surface area contributed by atoms with Gasteiger partial charge >= 0.3 is 10.2 Å². The van der Waals surface area contributed by atoms with Crippen LogP contribution >= 0.6 is 11.3 Å². The highest BCUT2D eigenvalue weighted by atomic mass is 32.2. The molecule has 0 aromatic carbocycles. The molecule has 96 valence electrons. The molecule has 0 saturated heterocycles. The van der Waals surface area contributed by atoms with E-state index in [1.807, 2.05) is 0 Å². The van der Waals surface area contributed by atoms with Crippen LogP contribution in [0, 0.1) is 5.13 Å². The second-order valence-electron chi connectivity index (χ2n) is 3.30. The van der Waals surface area contributed by atoms with Gasteiger partial charge in [0.05, 0.1) is 10.6 Å². The van der Waals surface area contributed by atoms with Gasteiger partial charge in [0.25, 0.3) is 0 Å². The number of hydrogen-bond donors (Lipinski definition) is 2. The fourth-order valence-electron chi connectivity index (χ4n) is 1.28. The van der Waals surface area contributed by atoms with Gasteiger partial charge in [0.1, 0.15) is 12.3 Å². The number of rotatable bonds is 3. The smallest absolute Gasteiger partial charge is 0.342 e. The van der Waals surface area contributed by atoms with Crippen LogP contribution in [0.1, 0.15) is 4.88 Å². The first kappa shape index (κ1) is 12.9. The van der Waals surface area contributed by atoms with Crippen molar-refractivity contribution in [3.8, 4) is 0 Å². The standard InChI is InChI=1S/C9H7FN2O4S2/c10-9-2-1-8(17-9)6-3-5(7(14)4-13)11-18(15,16)12-6/h1-3,12-13H,4H2. The molecule has 1 aromatic heterocycles. The number of ketones is 1. The van der Waals surface area contributed by atoms with E-state index >= 15 is 0 Å². The van der Waals surface area contributed by atoms with E-state index in [0.29, 0.717) is 4.88 Å². The van der Waals surface area contributed by atoms with Gasteiger partial charge < -0.3 is 5.11 Å². The summed E-state index contributed by atoms with van der Waals surface area (Å²) in [4.78, 5) is 11.6. The van der Waals surface area contributed by atoms with Gasteiger partial charge in [-0.2, -0.15) is 12.8 Å². The SMILES string of the molecule is O=C(CO)C1=NS(=O)(=O)NC(c2ccc(F)s2)=C1. The summed E-state index contributed by atoms with van der Waals surface area (Å²) in [6, 6.07) is 2.55. The average Bonchev–Trinajstić information content (AvgIpc) is 2.72. The lowest BCUT2D eigenvalue weighted by Gasteiger charge is -2.13. The van der Waals surface area contributed by atoms with Gasteiger partial charge in [0, 0.05) is 0 Å². The Morgan fingerprint density at radius 3 is 2.78 bits per heavy atom. The topological polar surface area (TPSA) is 95.8 Å². The zero-order valence-electron chi connectivity index (χ0n) is 8.75. The molecule has 18 heavy (non-hydrogen) atoms. The lowest BCUT2D eigenvalue weighted by atomic mass is 10.2.